The van der Waals surface area contributed by atoms with Crippen molar-refractivity contribution in [2.45, 2.75) is 42.7 Å². The van der Waals surface area contributed by atoms with Crippen LogP contribution in [0.3, 0.4) is 0 Å². The molecule has 8 N–H and O–H groups in total. The highest BCUT2D eigenvalue weighted by atomic mass is 16.6. The summed E-state index contributed by atoms with van der Waals surface area (Å²) in [6.07, 6.45) is -8.49. The van der Waals surface area contributed by atoms with Crippen LogP contribution in [0.25, 0.3) is 0 Å². The maximum atomic E-state index is 13.1. The van der Waals surface area contributed by atoms with Crippen LogP contribution in [-0.4, -0.2) is 83.8 Å². The molecule has 2 aliphatic rings. The molecule has 0 aromatic heterocycles. The van der Waals surface area contributed by atoms with E-state index in [1.165, 1.54) is 24.3 Å². The van der Waals surface area contributed by atoms with E-state index in [-0.39, 0.29) is 27.8 Å². The molecule has 10 nitrogen and oxygen atoms in total. The molecule has 0 spiro atoms. The lowest BCUT2D eigenvalue weighted by atomic mass is 9.68. The number of carbonyl (C=O) groups excluding carboxylic acids is 1. The summed E-state index contributed by atoms with van der Waals surface area (Å²) in [4.78, 5) is 13.1. The number of rotatable bonds is 3. The van der Waals surface area contributed by atoms with Gasteiger partial charge in [0.05, 0.1) is 24.3 Å². The van der Waals surface area contributed by atoms with E-state index in [4.69, 9.17) is 4.74 Å². The Morgan fingerprint density at radius 2 is 1.58 bits per heavy atom. The third-order valence-electron chi connectivity index (χ3n) is 5.98. The Kier molecular flexibility index (Phi) is 5.26. The van der Waals surface area contributed by atoms with Crippen LogP contribution in [-0.2, 0) is 16.9 Å². The molecule has 1 aliphatic carbocycles. The number of phenols is 2. The molecule has 1 fully saturated rings. The van der Waals surface area contributed by atoms with E-state index < -0.39 is 66.6 Å². The first-order valence-electron chi connectivity index (χ1n) is 9.54. The van der Waals surface area contributed by atoms with Crippen molar-refractivity contribution in [3.8, 4) is 11.5 Å². The topological polar surface area (TPSA) is 188 Å². The van der Waals surface area contributed by atoms with Gasteiger partial charge in [-0.25, -0.2) is 0 Å². The predicted octanol–water partition coefficient (Wildman–Crippen LogP) is -1.79. The Morgan fingerprint density at radius 1 is 0.903 bits per heavy atom. The van der Waals surface area contributed by atoms with Crippen LogP contribution in [0.2, 0.25) is 0 Å². The van der Waals surface area contributed by atoms with Gasteiger partial charge in [-0.2, -0.15) is 0 Å². The van der Waals surface area contributed by atoms with E-state index in [1.54, 1.807) is 0 Å². The Labute approximate surface area is 175 Å². The molecule has 166 valence electrons. The summed E-state index contributed by atoms with van der Waals surface area (Å²) in [6.45, 7) is -1.30. The quantitative estimate of drug-likeness (QED) is 0.274. The first-order valence-corrected chi connectivity index (χ1v) is 9.54. The number of phenolic OH excluding ortho intramolecular Hbond substituents is 2. The summed E-state index contributed by atoms with van der Waals surface area (Å²) in [5.41, 5.74) is -3.43. The minimum atomic E-state index is -2.42. The number of ether oxygens (including phenoxy) is 1. The zero-order chi connectivity index (χ0) is 22.7. The van der Waals surface area contributed by atoms with Gasteiger partial charge in [0, 0.05) is 11.1 Å². The van der Waals surface area contributed by atoms with Crippen LogP contribution in [0.1, 0.15) is 32.6 Å². The number of carbonyl (C=O) groups is 1. The second-order valence-electron chi connectivity index (χ2n) is 7.74. The molecule has 2 aromatic carbocycles. The van der Waals surface area contributed by atoms with Crippen LogP contribution >= 0.6 is 0 Å². The smallest absolute Gasteiger partial charge is 0.201 e. The first-order chi connectivity index (χ1) is 14.7. The molecule has 2 aromatic rings. The van der Waals surface area contributed by atoms with Crippen LogP contribution in [0.15, 0.2) is 30.3 Å². The lowest BCUT2D eigenvalue weighted by Gasteiger charge is -2.49. The van der Waals surface area contributed by atoms with Crippen molar-refractivity contribution in [3.05, 3.63) is 58.1 Å². The van der Waals surface area contributed by atoms with Gasteiger partial charge in [0.2, 0.25) is 5.78 Å². The highest BCUT2D eigenvalue weighted by Crippen LogP contribution is 2.50. The molecule has 0 saturated carbocycles. The molecule has 6 atom stereocenters. The van der Waals surface area contributed by atoms with Crippen LogP contribution in [0.5, 0.6) is 11.5 Å². The van der Waals surface area contributed by atoms with E-state index in [0.717, 1.165) is 6.07 Å². The molecule has 1 heterocycles. The van der Waals surface area contributed by atoms with Crippen molar-refractivity contribution in [3.63, 3.8) is 0 Å². The van der Waals surface area contributed by atoms with Crippen LogP contribution < -0.4 is 0 Å². The lowest BCUT2D eigenvalue weighted by molar-refractivity contribution is -0.265. The number of hydrogen-bond donors (Lipinski definition) is 8. The normalized spacial score (nSPS) is 32.5. The van der Waals surface area contributed by atoms with Crippen molar-refractivity contribution in [1.29, 1.82) is 0 Å². The molecule has 1 aliphatic heterocycles. The fourth-order valence-electron chi connectivity index (χ4n) is 4.44. The maximum Gasteiger partial charge on any atom is 0.201 e. The van der Waals surface area contributed by atoms with Crippen LogP contribution in [0.4, 0.5) is 0 Å². The number of aliphatic hydroxyl groups excluding tert-OH is 5. The second-order valence-corrected chi connectivity index (χ2v) is 7.74. The van der Waals surface area contributed by atoms with Crippen molar-refractivity contribution >= 4 is 5.78 Å². The number of aliphatic hydroxyl groups is 6. The Hall–Kier alpha value is -2.57. The maximum absolute atomic E-state index is 13.1. The van der Waals surface area contributed by atoms with Gasteiger partial charge in [0.25, 0.3) is 0 Å². The summed E-state index contributed by atoms with van der Waals surface area (Å²) >= 11 is 0. The Balaban J connectivity index is 2.04. The molecule has 0 radical (unpaired) electrons. The molecule has 0 amide bonds. The molecule has 1 saturated heterocycles. The number of ketones is 1. The minimum absolute atomic E-state index is 0.135. The van der Waals surface area contributed by atoms with Gasteiger partial charge in [-0.1, -0.05) is 12.1 Å². The number of aromatic hydroxyl groups is 2. The predicted molar refractivity (Wildman–Crippen MR) is 102 cm³/mol. The summed E-state index contributed by atoms with van der Waals surface area (Å²) in [5, 5.41) is 83.0. The van der Waals surface area contributed by atoms with Gasteiger partial charge in [0.15, 0.2) is 0 Å². The average molecular weight is 434 g/mol. The van der Waals surface area contributed by atoms with E-state index in [9.17, 15) is 45.6 Å². The van der Waals surface area contributed by atoms with Crippen molar-refractivity contribution in [2.75, 3.05) is 6.61 Å². The number of hydrogen-bond acceptors (Lipinski definition) is 10. The van der Waals surface area contributed by atoms with Crippen molar-refractivity contribution < 1.29 is 50.4 Å². The van der Waals surface area contributed by atoms with Gasteiger partial charge < -0.3 is 45.6 Å². The Morgan fingerprint density at radius 3 is 2.23 bits per heavy atom. The third-order valence-corrected chi connectivity index (χ3v) is 5.98. The van der Waals surface area contributed by atoms with E-state index >= 15 is 0 Å². The van der Waals surface area contributed by atoms with Crippen molar-refractivity contribution in [2.24, 2.45) is 0 Å². The van der Waals surface area contributed by atoms with Crippen LogP contribution in [0, 0.1) is 0 Å². The van der Waals surface area contributed by atoms with Gasteiger partial charge in [-0.05, 0) is 23.8 Å². The largest absolute Gasteiger partial charge is 0.507 e. The van der Waals surface area contributed by atoms with E-state index in [0.29, 0.717) is 0 Å². The molecule has 4 rings (SSSR count). The molecule has 0 bridgehead atoms. The van der Waals surface area contributed by atoms with Gasteiger partial charge in [0.1, 0.15) is 47.6 Å². The molecule has 31 heavy (non-hydrogen) atoms. The molecular weight excluding hydrogens is 412 g/mol. The fraction of sp³-hybridized carbons (Fsp3) is 0.381. The summed E-state index contributed by atoms with van der Waals surface area (Å²) in [5.74, 6) is -1.88. The molecule has 10 heteroatoms. The summed E-state index contributed by atoms with van der Waals surface area (Å²) in [7, 11) is 0. The first kappa shape index (κ1) is 21.7. The van der Waals surface area contributed by atoms with Crippen molar-refractivity contribution in [1.82, 2.24) is 0 Å². The Bertz CT molecular complexity index is 1040. The number of benzene rings is 2. The highest BCUT2D eigenvalue weighted by Gasteiger charge is 2.57. The molecule has 0 unspecified atom stereocenters. The third kappa shape index (κ3) is 2.96. The molecular formula is C21H22O10. The fourth-order valence-corrected chi connectivity index (χ4v) is 4.44. The summed E-state index contributed by atoms with van der Waals surface area (Å²) in [6, 6.07) is 6.21. The lowest BCUT2D eigenvalue weighted by Crippen LogP contribution is -2.65. The van der Waals surface area contributed by atoms with Gasteiger partial charge in [-0.15, -0.1) is 0 Å². The second kappa shape index (κ2) is 7.53. The standard InChI is InChI=1S/C21H22O10/c22-6-8-4-10-15(12(25)5-8)17(27)14-9(2-1-3-11(14)24)21(10,30)20-19(29)18(28)16(26)13(7-23)31-20/h1-5,13,16,18-20,22-26,28-30H,6-7H2/t13-,16+,18+,19+,20-,21-/m0/s1. The minimum Gasteiger partial charge on any atom is -0.507 e. The summed E-state index contributed by atoms with van der Waals surface area (Å²) < 4.78 is 5.58. The van der Waals surface area contributed by atoms with E-state index in [2.05, 4.69) is 0 Å². The zero-order valence-corrected chi connectivity index (χ0v) is 16.1. The monoisotopic (exact) mass is 434 g/mol. The SMILES string of the molecule is O=C1c2c(O)cccc2[C@@](O)([C@H]2O[C@@H](CO)[C@@H](O)[C@@H](O)[C@H]2O)c2cc(CO)cc(O)c21. The van der Waals surface area contributed by atoms with Gasteiger partial charge in [-0.3, -0.25) is 4.79 Å². The average Bonchev–Trinajstić information content (AvgIpc) is 2.75. The van der Waals surface area contributed by atoms with Gasteiger partial charge >= 0.3 is 0 Å². The zero-order valence-electron chi connectivity index (χ0n) is 16.1. The number of fused-ring (bicyclic) bond motifs is 2. The highest BCUT2D eigenvalue weighted by molar-refractivity contribution is 6.16. The van der Waals surface area contributed by atoms with E-state index in [1.807, 2.05) is 0 Å².